The van der Waals surface area contributed by atoms with Crippen LogP contribution in [0.2, 0.25) is 0 Å². The van der Waals surface area contributed by atoms with Gasteiger partial charge >= 0.3 is 18.9 Å². The Balaban J connectivity index is 0. The number of hydrogen-bond donors (Lipinski definition) is 0. The molecule has 0 nitrogen and oxygen atoms in total. The second-order valence-electron chi connectivity index (χ2n) is 1.39. The van der Waals surface area contributed by atoms with Crippen molar-refractivity contribution in [3.63, 3.8) is 0 Å². The molecule has 0 aromatic rings. The van der Waals surface area contributed by atoms with Crippen LogP contribution < -0.4 is 0 Å². The Morgan fingerprint density at radius 3 is 1.40 bits per heavy atom. The first-order chi connectivity index (χ1) is 1.73. The van der Waals surface area contributed by atoms with Crippen molar-refractivity contribution in [3.8, 4) is 0 Å². The normalized spacial score (nSPS) is 7.20. The molecule has 0 rings (SSSR count). The molecule has 0 saturated heterocycles. The maximum atomic E-state index is 3.64. The molecule has 0 aromatic carbocycles. The van der Waals surface area contributed by atoms with E-state index in [2.05, 4.69) is 20.8 Å². The van der Waals surface area contributed by atoms with Gasteiger partial charge < -0.3 is 0 Å². The summed E-state index contributed by atoms with van der Waals surface area (Å²) in [4.78, 5) is 0. The van der Waals surface area contributed by atoms with E-state index in [1.54, 1.807) is 0 Å². The molecule has 27 valence electrons. The minimum atomic E-state index is 0. The molecule has 5 heavy (non-hydrogen) atoms. The summed E-state index contributed by atoms with van der Waals surface area (Å²) in [6.07, 6.45) is 0. The van der Waals surface area contributed by atoms with Crippen molar-refractivity contribution in [3.05, 3.63) is 6.92 Å². The van der Waals surface area contributed by atoms with E-state index >= 15 is 0 Å². The van der Waals surface area contributed by atoms with Crippen molar-refractivity contribution in [2.75, 3.05) is 0 Å². The van der Waals surface area contributed by atoms with Crippen LogP contribution in [0.3, 0.4) is 0 Å². The molecule has 0 amide bonds. The van der Waals surface area contributed by atoms with Gasteiger partial charge in [0, 0.05) is 0 Å². The molecule has 0 aliphatic rings. The molecule has 0 aromatic heterocycles. The summed E-state index contributed by atoms with van der Waals surface area (Å²) in [5.74, 6) is 0.583. The van der Waals surface area contributed by atoms with E-state index < -0.39 is 0 Å². The van der Waals surface area contributed by atoms with Gasteiger partial charge in [-0.2, -0.15) is 0 Å². The van der Waals surface area contributed by atoms with E-state index in [-0.39, 0.29) is 18.9 Å². The van der Waals surface area contributed by atoms with Gasteiger partial charge in [-0.15, -0.1) is 0 Å². The molecular formula is C4H10Li. The number of rotatable bonds is 0. The van der Waals surface area contributed by atoms with Crippen molar-refractivity contribution < 1.29 is 0 Å². The molecule has 0 heterocycles. The Morgan fingerprint density at radius 1 is 1.40 bits per heavy atom. The summed E-state index contributed by atoms with van der Waals surface area (Å²) in [7, 11) is 0. The van der Waals surface area contributed by atoms with Crippen LogP contribution in [0.25, 0.3) is 0 Å². The quantitative estimate of drug-likeness (QED) is 0.367. The fraction of sp³-hybridized carbons (Fsp3) is 0.750. The summed E-state index contributed by atoms with van der Waals surface area (Å²) < 4.78 is 0. The third kappa shape index (κ3) is 86.9. The maximum absolute atomic E-state index is 3.64. The van der Waals surface area contributed by atoms with Crippen LogP contribution in [0.4, 0.5) is 0 Å². The van der Waals surface area contributed by atoms with E-state index in [0.29, 0.717) is 5.92 Å². The first kappa shape index (κ1) is 9.14. The van der Waals surface area contributed by atoms with Crippen LogP contribution >= 0.6 is 0 Å². The van der Waals surface area contributed by atoms with Crippen LogP contribution in [-0.4, -0.2) is 18.9 Å². The van der Waals surface area contributed by atoms with Gasteiger partial charge in [0.1, 0.15) is 0 Å². The Labute approximate surface area is 46.1 Å². The molecule has 0 spiro atoms. The van der Waals surface area contributed by atoms with Gasteiger partial charge in [-0.1, -0.05) is 20.8 Å². The van der Waals surface area contributed by atoms with Crippen LogP contribution in [-0.2, 0) is 0 Å². The Hall–Kier alpha value is 0.597. The average molecular weight is 65.1 g/mol. The Kier molecular flexibility index (Phi) is 8.41. The Morgan fingerprint density at radius 2 is 1.40 bits per heavy atom. The number of hydrogen-bond acceptors (Lipinski definition) is 0. The van der Waals surface area contributed by atoms with Crippen molar-refractivity contribution in [2.45, 2.75) is 13.8 Å². The molecule has 0 saturated carbocycles. The van der Waals surface area contributed by atoms with Crippen LogP contribution in [0.1, 0.15) is 13.8 Å². The zero-order valence-electron chi connectivity index (χ0n) is 3.28. The molecule has 0 N–H and O–H groups in total. The molecule has 1 heteroatoms. The van der Waals surface area contributed by atoms with Crippen molar-refractivity contribution >= 4 is 18.9 Å². The van der Waals surface area contributed by atoms with Crippen molar-refractivity contribution in [1.82, 2.24) is 0 Å². The van der Waals surface area contributed by atoms with E-state index in [1.165, 1.54) is 0 Å². The SMILES string of the molecule is [CH2]C(C)C.[LiH]. The summed E-state index contributed by atoms with van der Waals surface area (Å²) in [6.45, 7) is 7.75. The topological polar surface area (TPSA) is 0 Å². The predicted octanol–water partition coefficient (Wildman–Crippen LogP) is 0.828. The van der Waals surface area contributed by atoms with E-state index in [0.717, 1.165) is 0 Å². The monoisotopic (exact) mass is 65.1 g/mol. The molecule has 0 atom stereocenters. The fourth-order valence-electron chi connectivity index (χ4n) is 0. The van der Waals surface area contributed by atoms with E-state index in [4.69, 9.17) is 0 Å². The predicted molar refractivity (Wildman–Crippen MR) is 27.3 cm³/mol. The van der Waals surface area contributed by atoms with Crippen LogP contribution in [0, 0.1) is 12.8 Å². The van der Waals surface area contributed by atoms with E-state index in [1.807, 2.05) is 0 Å². The standard InChI is InChI=1S/C4H9.Li.H/c1-4(2)3;;/h4H,1H2,2-3H3;;. The van der Waals surface area contributed by atoms with Gasteiger partial charge in [0.15, 0.2) is 0 Å². The molecule has 0 fully saturated rings. The summed E-state index contributed by atoms with van der Waals surface area (Å²) in [5, 5.41) is 0. The summed E-state index contributed by atoms with van der Waals surface area (Å²) in [6, 6.07) is 0. The third-order valence-electron chi connectivity index (χ3n) is 0. The molecule has 0 bridgehead atoms. The van der Waals surface area contributed by atoms with Crippen molar-refractivity contribution in [1.29, 1.82) is 0 Å². The van der Waals surface area contributed by atoms with Gasteiger partial charge in [0.25, 0.3) is 0 Å². The van der Waals surface area contributed by atoms with Gasteiger partial charge in [-0.25, -0.2) is 0 Å². The van der Waals surface area contributed by atoms with Crippen molar-refractivity contribution in [2.24, 2.45) is 5.92 Å². The van der Waals surface area contributed by atoms with Gasteiger partial charge in [0.2, 0.25) is 0 Å². The summed E-state index contributed by atoms with van der Waals surface area (Å²) in [5.41, 5.74) is 0. The third-order valence-corrected chi connectivity index (χ3v) is 0. The molecule has 1 radical (unpaired) electrons. The fourth-order valence-corrected chi connectivity index (χ4v) is 0. The first-order valence-corrected chi connectivity index (χ1v) is 1.56. The summed E-state index contributed by atoms with van der Waals surface area (Å²) >= 11 is 0. The Bertz CT molecular complexity index is 8.36. The first-order valence-electron chi connectivity index (χ1n) is 1.56. The molecule has 0 aliphatic heterocycles. The van der Waals surface area contributed by atoms with Gasteiger partial charge in [0.05, 0.1) is 0 Å². The van der Waals surface area contributed by atoms with Gasteiger partial charge in [-0.3, -0.25) is 0 Å². The second-order valence-corrected chi connectivity index (χ2v) is 1.39. The van der Waals surface area contributed by atoms with Crippen LogP contribution in [0.15, 0.2) is 0 Å². The molecular weight excluding hydrogens is 55.0 g/mol. The zero-order valence-corrected chi connectivity index (χ0v) is 3.28. The molecule has 0 aliphatic carbocycles. The van der Waals surface area contributed by atoms with Crippen LogP contribution in [0.5, 0.6) is 0 Å². The zero-order chi connectivity index (χ0) is 3.58. The second kappa shape index (κ2) is 4.60. The minimum absolute atomic E-state index is 0. The van der Waals surface area contributed by atoms with Gasteiger partial charge in [-0.05, 0) is 5.92 Å². The molecule has 0 unspecified atom stereocenters. The van der Waals surface area contributed by atoms with E-state index in [9.17, 15) is 0 Å². The average Bonchev–Trinajstić information content (AvgIpc) is 0.811.